The second kappa shape index (κ2) is 8.87. The topological polar surface area (TPSA) is 42.0 Å². The van der Waals surface area contributed by atoms with Gasteiger partial charge in [0.05, 0.1) is 19.3 Å². The van der Waals surface area contributed by atoms with Crippen molar-refractivity contribution in [2.45, 2.75) is 58.3 Å². The summed E-state index contributed by atoms with van der Waals surface area (Å²) in [6, 6.07) is 8.98. The van der Waals surface area contributed by atoms with Crippen molar-refractivity contribution in [2.75, 3.05) is 31.2 Å². The Morgan fingerprint density at radius 1 is 1.31 bits per heavy atom. The van der Waals surface area contributed by atoms with Crippen molar-refractivity contribution in [3.8, 4) is 5.75 Å². The average molecular weight is 360 g/mol. The van der Waals surface area contributed by atoms with E-state index in [1.54, 1.807) is 0 Å². The number of carbonyl (C=O) groups is 1. The van der Waals surface area contributed by atoms with Gasteiger partial charge in [-0.25, -0.2) is 0 Å². The third-order valence-electron chi connectivity index (χ3n) is 5.64. The number of nitrogens with zero attached hydrogens (tertiary/aromatic N) is 2. The zero-order valence-corrected chi connectivity index (χ0v) is 16.3. The van der Waals surface area contributed by atoms with Crippen molar-refractivity contribution in [2.24, 2.45) is 5.92 Å². The fourth-order valence-corrected chi connectivity index (χ4v) is 4.00. The third kappa shape index (κ3) is 4.38. The largest absolute Gasteiger partial charge is 0.494 e. The highest BCUT2D eigenvalue weighted by atomic mass is 16.5. The summed E-state index contributed by atoms with van der Waals surface area (Å²) in [4.78, 5) is 16.0. The van der Waals surface area contributed by atoms with Crippen LogP contribution in [0.4, 0.5) is 5.69 Å². The van der Waals surface area contributed by atoms with Gasteiger partial charge in [0.15, 0.2) is 12.5 Å². The smallest absolute Gasteiger partial charge is 0.187 e. The van der Waals surface area contributed by atoms with Gasteiger partial charge in [-0.2, -0.15) is 0 Å². The maximum atomic E-state index is 11.3. The number of carbonyl (C=O) groups excluding carboxylic acids is 1. The molecule has 5 heteroatoms. The molecule has 0 radical (unpaired) electrons. The maximum Gasteiger partial charge on any atom is 0.187 e. The number of likely N-dealkylation sites (tertiary alicyclic amines) is 1. The van der Waals surface area contributed by atoms with Gasteiger partial charge in [-0.1, -0.05) is 13.8 Å². The highest BCUT2D eigenvalue weighted by Gasteiger charge is 2.36. The molecule has 2 heterocycles. The highest BCUT2D eigenvalue weighted by molar-refractivity contribution is 5.66. The van der Waals surface area contributed by atoms with E-state index in [1.165, 1.54) is 19.4 Å². The van der Waals surface area contributed by atoms with Gasteiger partial charge in [0.25, 0.3) is 0 Å². The first-order valence-electron chi connectivity index (χ1n) is 9.92. The first kappa shape index (κ1) is 19.2. The van der Waals surface area contributed by atoms with Crippen LogP contribution in [-0.2, 0) is 9.53 Å². The molecule has 2 saturated heterocycles. The Balaban J connectivity index is 1.52. The van der Waals surface area contributed by atoms with Gasteiger partial charge in [0.2, 0.25) is 0 Å². The zero-order valence-electron chi connectivity index (χ0n) is 16.3. The normalized spacial score (nSPS) is 26.6. The van der Waals surface area contributed by atoms with Gasteiger partial charge < -0.3 is 19.3 Å². The zero-order chi connectivity index (χ0) is 18.5. The van der Waals surface area contributed by atoms with Crippen molar-refractivity contribution >= 4 is 12.0 Å². The van der Waals surface area contributed by atoms with Crippen LogP contribution in [0.5, 0.6) is 5.75 Å². The van der Waals surface area contributed by atoms with E-state index in [-0.39, 0.29) is 6.04 Å². The average Bonchev–Trinajstić information content (AvgIpc) is 3.25. The summed E-state index contributed by atoms with van der Waals surface area (Å²) in [5.41, 5.74) is 1.01. The summed E-state index contributed by atoms with van der Waals surface area (Å²) < 4.78 is 11.5. The molecule has 2 aliphatic heterocycles. The molecule has 1 aromatic carbocycles. The van der Waals surface area contributed by atoms with Gasteiger partial charge >= 0.3 is 0 Å². The van der Waals surface area contributed by atoms with Crippen molar-refractivity contribution < 1.29 is 14.3 Å². The van der Waals surface area contributed by atoms with Crippen LogP contribution in [0.1, 0.15) is 40.0 Å². The molecule has 0 N–H and O–H groups in total. The van der Waals surface area contributed by atoms with Crippen molar-refractivity contribution in [1.82, 2.24) is 4.90 Å². The van der Waals surface area contributed by atoms with E-state index in [0.717, 1.165) is 43.3 Å². The van der Waals surface area contributed by atoms with E-state index in [9.17, 15) is 4.79 Å². The number of rotatable bonds is 8. The van der Waals surface area contributed by atoms with Crippen LogP contribution < -0.4 is 9.64 Å². The van der Waals surface area contributed by atoms with Gasteiger partial charge in [-0.3, -0.25) is 4.79 Å². The highest BCUT2D eigenvalue weighted by Crippen LogP contribution is 2.30. The molecule has 0 bridgehead atoms. The summed E-state index contributed by atoms with van der Waals surface area (Å²) in [7, 11) is 0. The SMILES string of the molecule is CC(C)C1COC(C=O)N1c1ccc(OCCCN2CCCC2C)cc1. The minimum atomic E-state index is -0.489. The number of benzene rings is 1. The summed E-state index contributed by atoms with van der Waals surface area (Å²) in [6.45, 7) is 10.3. The summed E-state index contributed by atoms with van der Waals surface area (Å²) >= 11 is 0. The fraction of sp³-hybridized carbons (Fsp3) is 0.667. The van der Waals surface area contributed by atoms with Crippen molar-refractivity contribution in [1.29, 1.82) is 0 Å². The van der Waals surface area contributed by atoms with Gasteiger partial charge in [-0.15, -0.1) is 0 Å². The molecule has 0 saturated carbocycles. The molecule has 0 amide bonds. The number of hydrogen-bond donors (Lipinski definition) is 0. The second-order valence-corrected chi connectivity index (χ2v) is 7.80. The number of hydrogen-bond acceptors (Lipinski definition) is 5. The molecule has 0 aliphatic carbocycles. The Kier molecular flexibility index (Phi) is 6.54. The van der Waals surface area contributed by atoms with E-state index in [0.29, 0.717) is 12.5 Å². The Morgan fingerprint density at radius 2 is 2.08 bits per heavy atom. The van der Waals surface area contributed by atoms with E-state index >= 15 is 0 Å². The predicted molar refractivity (Wildman–Crippen MR) is 104 cm³/mol. The molecule has 2 aliphatic rings. The lowest BCUT2D eigenvalue weighted by Crippen LogP contribution is -2.40. The Morgan fingerprint density at radius 3 is 2.69 bits per heavy atom. The standard InChI is InChI=1S/C21H32N2O3/c1-16(2)20-15-26-21(14-24)23(20)18-7-9-19(10-8-18)25-13-5-12-22-11-4-6-17(22)3/h7-10,14,16-17,20-21H,4-6,11-13,15H2,1-3H3. The van der Waals surface area contributed by atoms with Crippen LogP contribution in [0, 0.1) is 5.92 Å². The molecule has 26 heavy (non-hydrogen) atoms. The molecule has 0 spiro atoms. The predicted octanol–water partition coefficient (Wildman–Crippen LogP) is 3.33. The molecule has 1 aromatic rings. The van der Waals surface area contributed by atoms with E-state index in [1.807, 2.05) is 24.3 Å². The van der Waals surface area contributed by atoms with Crippen molar-refractivity contribution in [3.63, 3.8) is 0 Å². The van der Waals surface area contributed by atoms with Crippen LogP contribution in [0.2, 0.25) is 0 Å². The first-order valence-corrected chi connectivity index (χ1v) is 9.92. The van der Waals surface area contributed by atoms with Crippen molar-refractivity contribution in [3.05, 3.63) is 24.3 Å². The lowest BCUT2D eigenvalue weighted by atomic mass is 10.0. The van der Waals surface area contributed by atoms with Gasteiger partial charge in [-0.05, 0) is 62.9 Å². The fourth-order valence-electron chi connectivity index (χ4n) is 4.00. The molecule has 5 nitrogen and oxygen atoms in total. The quantitative estimate of drug-likeness (QED) is 0.525. The van der Waals surface area contributed by atoms with Crippen LogP contribution in [-0.4, -0.2) is 55.8 Å². The summed E-state index contributed by atoms with van der Waals surface area (Å²) in [5.74, 6) is 1.30. The van der Waals surface area contributed by atoms with Gasteiger partial charge in [0, 0.05) is 18.3 Å². The monoisotopic (exact) mass is 360 g/mol. The first-order chi connectivity index (χ1) is 12.6. The van der Waals surface area contributed by atoms with Crippen LogP contribution in [0.3, 0.4) is 0 Å². The summed E-state index contributed by atoms with van der Waals surface area (Å²) in [6.07, 6.45) is 4.09. The molecule has 144 valence electrons. The van der Waals surface area contributed by atoms with Gasteiger partial charge in [0.1, 0.15) is 5.75 Å². The number of ether oxygens (including phenoxy) is 2. The molecule has 3 rings (SSSR count). The molecule has 0 aromatic heterocycles. The Bertz CT molecular complexity index is 575. The minimum absolute atomic E-state index is 0.222. The van der Waals surface area contributed by atoms with Crippen LogP contribution in [0.25, 0.3) is 0 Å². The van der Waals surface area contributed by atoms with Crippen LogP contribution in [0.15, 0.2) is 24.3 Å². The number of anilines is 1. The lowest BCUT2D eigenvalue weighted by Gasteiger charge is -2.30. The maximum absolute atomic E-state index is 11.3. The third-order valence-corrected chi connectivity index (χ3v) is 5.64. The van der Waals surface area contributed by atoms with E-state index < -0.39 is 6.23 Å². The molecular formula is C21H32N2O3. The molecule has 3 unspecified atom stereocenters. The van der Waals surface area contributed by atoms with E-state index in [4.69, 9.17) is 9.47 Å². The molecule has 3 atom stereocenters. The van der Waals surface area contributed by atoms with E-state index in [2.05, 4.69) is 30.6 Å². The Labute approximate surface area is 157 Å². The number of aldehydes is 1. The molecule has 2 fully saturated rings. The van der Waals surface area contributed by atoms with Crippen LogP contribution >= 0.6 is 0 Å². The molecular weight excluding hydrogens is 328 g/mol. The Hall–Kier alpha value is -1.59. The summed E-state index contributed by atoms with van der Waals surface area (Å²) in [5, 5.41) is 0. The lowest BCUT2D eigenvalue weighted by molar-refractivity contribution is -0.115. The second-order valence-electron chi connectivity index (χ2n) is 7.80. The minimum Gasteiger partial charge on any atom is -0.494 e.